The van der Waals surface area contributed by atoms with Gasteiger partial charge in [0.25, 0.3) is 0 Å². The third-order valence-corrected chi connectivity index (χ3v) is 9.37. The third-order valence-electron chi connectivity index (χ3n) is 9.37. The quantitative estimate of drug-likeness (QED) is 0.0265. The predicted octanol–water partition coefficient (Wildman–Crippen LogP) is 15.5. The van der Waals surface area contributed by atoms with Crippen LogP contribution in [0.2, 0.25) is 0 Å². The molecule has 0 amide bonds. The summed E-state index contributed by atoms with van der Waals surface area (Å²) in [7, 11) is 0. The average molecular weight is 841 g/mol. The molecule has 1 atom stereocenters. The van der Waals surface area contributed by atoms with Crippen LogP contribution in [0.5, 0.6) is 0 Å². The second-order valence-corrected chi connectivity index (χ2v) is 15.1. The molecule has 1 unspecified atom stereocenters. The topological polar surface area (TPSA) is 78.9 Å². The van der Waals surface area contributed by atoms with Gasteiger partial charge < -0.3 is 14.2 Å². The van der Waals surface area contributed by atoms with Gasteiger partial charge in [0, 0.05) is 19.3 Å². The van der Waals surface area contributed by atoms with Crippen molar-refractivity contribution in [3.63, 3.8) is 0 Å². The van der Waals surface area contributed by atoms with E-state index in [2.05, 4.69) is 69.4 Å². The van der Waals surface area contributed by atoms with Crippen molar-refractivity contribution < 1.29 is 28.6 Å². The van der Waals surface area contributed by atoms with Crippen LogP contribution in [0.15, 0.2) is 134 Å². The van der Waals surface area contributed by atoms with Crippen LogP contribution in [0.4, 0.5) is 0 Å². The molecule has 0 aliphatic carbocycles. The van der Waals surface area contributed by atoms with E-state index in [9.17, 15) is 14.4 Å². The van der Waals surface area contributed by atoms with Crippen molar-refractivity contribution in [3.05, 3.63) is 134 Å². The van der Waals surface area contributed by atoms with Gasteiger partial charge in [-0.3, -0.25) is 14.4 Å². The molecule has 0 spiro atoms. The standard InChI is InChI=1S/C55H84O6/c1-4-7-10-13-16-19-22-25-27-30-33-36-39-42-45-48-54(57)60-51-52(50-59-53(56)47-44-41-38-35-32-29-24-21-18-15-12-9-6-3)61-55(58)49-46-43-40-37-34-31-28-26-23-20-17-14-11-8-5-2/h7,9-10,12-13,15-27,29-30,32-33,52H,4-6,8,11,14,28,31,34-51H2,1-3H3/b10-7-,12-9-,16-13-,18-15-,20-17-,22-19-,24-21-,26-23-,27-25-,32-29-,33-30-. The molecule has 0 aliphatic heterocycles. The summed E-state index contributed by atoms with van der Waals surface area (Å²) in [6, 6.07) is 0. The van der Waals surface area contributed by atoms with Gasteiger partial charge in [-0.2, -0.15) is 0 Å². The fraction of sp³-hybridized carbons (Fsp3) is 0.545. The number of carbonyl (C=O) groups is 3. The van der Waals surface area contributed by atoms with E-state index < -0.39 is 6.10 Å². The Labute approximate surface area is 373 Å². The normalized spacial score (nSPS) is 13.3. The smallest absolute Gasteiger partial charge is 0.306 e. The van der Waals surface area contributed by atoms with E-state index in [4.69, 9.17) is 14.2 Å². The number of allylic oxidation sites excluding steroid dienone is 22. The highest BCUT2D eigenvalue weighted by Crippen LogP contribution is 2.12. The van der Waals surface area contributed by atoms with Crippen LogP contribution in [0.1, 0.15) is 175 Å². The first-order chi connectivity index (χ1) is 30.0. The Morgan fingerprint density at radius 3 is 1.03 bits per heavy atom. The average Bonchev–Trinajstić information content (AvgIpc) is 3.26. The largest absolute Gasteiger partial charge is 0.462 e. The molecule has 0 aromatic carbocycles. The molecule has 340 valence electrons. The molecule has 0 heterocycles. The third kappa shape index (κ3) is 46.5. The summed E-state index contributed by atoms with van der Waals surface area (Å²) < 4.78 is 16.7. The van der Waals surface area contributed by atoms with Crippen LogP contribution in [0.3, 0.4) is 0 Å². The molecule has 0 aromatic heterocycles. The van der Waals surface area contributed by atoms with Crippen molar-refractivity contribution in [3.8, 4) is 0 Å². The molecule has 6 nitrogen and oxygen atoms in total. The highest BCUT2D eigenvalue weighted by Gasteiger charge is 2.19. The number of rotatable bonds is 40. The van der Waals surface area contributed by atoms with Gasteiger partial charge in [-0.25, -0.2) is 0 Å². The molecular weight excluding hydrogens is 757 g/mol. The number of carbonyl (C=O) groups excluding carboxylic acids is 3. The van der Waals surface area contributed by atoms with Gasteiger partial charge in [0.15, 0.2) is 6.10 Å². The van der Waals surface area contributed by atoms with E-state index in [1.165, 1.54) is 32.1 Å². The van der Waals surface area contributed by atoms with Crippen LogP contribution < -0.4 is 0 Å². The number of esters is 3. The maximum absolute atomic E-state index is 12.8. The number of ether oxygens (including phenoxy) is 3. The fourth-order valence-electron chi connectivity index (χ4n) is 5.81. The van der Waals surface area contributed by atoms with Crippen LogP contribution in [-0.4, -0.2) is 37.2 Å². The van der Waals surface area contributed by atoms with Gasteiger partial charge in [0.05, 0.1) is 0 Å². The predicted molar refractivity (Wildman–Crippen MR) is 260 cm³/mol. The Morgan fingerprint density at radius 1 is 0.344 bits per heavy atom. The molecule has 0 saturated carbocycles. The van der Waals surface area contributed by atoms with E-state index in [-0.39, 0.29) is 37.5 Å². The summed E-state index contributed by atoms with van der Waals surface area (Å²) in [6.45, 7) is 6.21. The van der Waals surface area contributed by atoms with Crippen molar-refractivity contribution >= 4 is 17.9 Å². The Bertz CT molecular complexity index is 1380. The maximum Gasteiger partial charge on any atom is 0.306 e. The molecule has 0 rings (SSSR count). The van der Waals surface area contributed by atoms with Gasteiger partial charge in [-0.1, -0.05) is 206 Å². The summed E-state index contributed by atoms with van der Waals surface area (Å²) in [5.74, 6) is -1.03. The van der Waals surface area contributed by atoms with Crippen molar-refractivity contribution in [2.45, 2.75) is 181 Å². The van der Waals surface area contributed by atoms with E-state index in [1.54, 1.807) is 0 Å². The molecule has 6 heteroatoms. The lowest BCUT2D eigenvalue weighted by Crippen LogP contribution is -2.30. The zero-order valence-corrected chi connectivity index (χ0v) is 38.6. The van der Waals surface area contributed by atoms with Crippen LogP contribution in [0, 0.1) is 0 Å². The molecule has 0 bridgehead atoms. The molecule has 61 heavy (non-hydrogen) atoms. The van der Waals surface area contributed by atoms with Gasteiger partial charge >= 0.3 is 17.9 Å². The second-order valence-electron chi connectivity index (χ2n) is 15.1. The minimum absolute atomic E-state index is 0.123. The first-order valence-corrected chi connectivity index (χ1v) is 23.8. The van der Waals surface area contributed by atoms with Gasteiger partial charge in [0.2, 0.25) is 0 Å². The molecule has 0 saturated heterocycles. The number of hydrogen-bond acceptors (Lipinski definition) is 6. The molecule has 0 N–H and O–H groups in total. The van der Waals surface area contributed by atoms with E-state index in [0.29, 0.717) is 12.8 Å². The van der Waals surface area contributed by atoms with Crippen LogP contribution >= 0.6 is 0 Å². The van der Waals surface area contributed by atoms with E-state index >= 15 is 0 Å². The summed E-state index contributed by atoms with van der Waals surface area (Å²) in [6.07, 6.45) is 67.1. The highest BCUT2D eigenvalue weighted by molar-refractivity contribution is 5.71. The molecule has 0 aliphatic rings. The lowest BCUT2D eigenvalue weighted by Gasteiger charge is -2.18. The first-order valence-electron chi connectivity index (χ1n) is 23.8. The SMILES string of the molecule is CC\C=C/C=C\C=C/C=C\C=C/CCCCCC(=O)OCC(COC(=O)CCCCC\C=C/C=C\C=C/C=C\CC)OC(=O)CCCCCCCC/C=C\C=C/CCCCC. The van der Waals surface area contributed by atoms with Gasteiger partial charge in [-0.05, 0) is 83.5 Å². The summed E-state index contributed by atoms with van der Waals surface area (Å²) in [5, 5.41) is 0. The molecule has 0 fully saturated rings. The van der Waals surface area contributed by atoms with Crippen molar-refractivity contribution in [2.75, 3.05) is 13.2 Å². The lowest BCUT2D eigenvalue weighted by atomic mass is 10.1. The van der Waals surface area contributed by atoms with Crippen molar-refractivity contribution in [2.24, 2.45) is 0 Å². The Hall–Kier alpha value is -4.45. The Balaban J connectivity index is 4.59. The summed E-state index contributed by atoms with van der Waals surface area (Å²) in [5.41, 5.74) is 0. The molecule has 0 aromatic rings. The van der Waals surface area contributed by atoms with Crippen LogP contribution in [-0.2, 0) is 28.6 Å². The van der Waals surface area contributed by atoms with E-state index in [0.717, 1.165) is 103 Å². The second kappa shape index (κ2) is 48.2. The number of hydrogen-bond donors (Lipinski definition) is 0. The van der Waals surface area contributed by atoms with Crippen molar-refractivity contribution in [1.29, 1.82) is 0 Å². The zero-order valence-electron chi connectivity index (χ0n) is 38.6. The maximum atomic E-state index is 12.8. The monoisotopic (exact) mass is 841 g/mol. The fourth-order valence-corrected chi connectivity index (χ4v) is 5.81. The molecular formula is C55H84O6. The Kier molecular flexibility index (Phi) is 44.7. The Morgan fingerprint density at radius 2 is 0.639 bits per heavy atom. The number of unbranched alkanes of at least 4 members (excludes halogenated alkanes) is 15. The highest BCUT2D eigenvalue weighted by atomic mass is 16.6. The van der Waals surface area contributed by atoms with Crippen molar-refractivity contribution in [1.82, 2.24) is 0 Å². The van der Waals surface area contributed by atoms with Crippen LogP contribution in [0.25, 0.3) is 0 Å². The molecule has 0 radical (unpaired) electrons. The minimum Gasteiger partial charge on any atom is -0.462 e. The summed E-state index contributed by atoms with van der Waals surface area (Å²) >= 11 is 0. The van der Waals surface area contributed by atoms with Gasteiger partial charge in [0.1, 0.15) is 13.2 Å². The first kappa shape index (κ1) is 56.5. The van der Waals surface area contributed by atoms with E-state index in [1.807, 2.05) is 85.1 Å². The lowest BCUT2D eigenvalue weighted by molar-refractivity contribution is -0.167. The zero-order chi connectivity index (χ0) is 44.4. The minimum atomic E-state index is -0.822. The van der Waals surface area contributed by atoms with Gasteiger partial charge in [-0.15, -0.1) is 0 Å². The summed E-state index contributed by atoms with van der Waals surface area (Å²) in [4.78, 5) is 37.9.